The second-order valence-electron chi connectivity index (χ2n) is 6.06. The normalized spacial score (nSPS) is 11.1. The number of benzene rings is 2. The number of rotatable bonds is 5. The molecule has 0 bridgehead atoms. The summed E-state index contributed by atoms with van der Waals surface area (Å²) in [5.74, 6) is 0.506. The zero-order chi connectivity index (χ0) is 18.8. The number of ether oxygens (including phenoxy) is 2. The van der Waals surface area contributed by atoms with Crippen LogP contribution in [-0.2, 0) is 11.3 Å². The van der Waals surface area contributed by atoms with Crippen molar-refractivity contribution in [3.63, 3.8) is 0 Å². The van der Waals surface area contributed by atoms with E-state index >= 15 is 0 Å². The molecule has 2 aromatic carbocycles. The van der Waals surface area contributed by atoms with E-state index in [1.807, 2.05) is 30.3 Å². The second kappa shape index (κ2) is 7.17. The Morgan fingerprint density at radius 3 is 2.30 bits per heavy atom. The van der Waals surface area contributed by atoms with Crippen molar-refractivity contribution in [1.29, 1.82) is 0 Å². The summed E-state index contributed by atoms with van der Waals surface area (Å²) in [6.45, 7) is 0.355. The van der Waals surface area contributed by atoms with E-state index in [-0.39, 0.29) is 5.82 Å². The lowest BCUT2D eigenvalue weighted by Gasteiger charge is -2.06. The van der Waals surface area contributed by atoms with Crippen molar-refractivity contribution < 1.29 is 13.9 Å². The van der Waals surface area contributed by atoms with E-state index in [1.165, 1.54) is 12.1 Å². The topological polar surface area (TPSA) is 48.7 Å². The quantitative estimate of drug-likeness (QED) is 0.529. The summed E-state index contributed by atoms with van der Waals surface area (Å²) in [6, 6.07) is 15.9. The highest BCUT2D eigenvalue weighted by Gasteiger charge is 2.18. The largest absolute Gasteiger partial charge is 0.497 e. The van der Waals surface area contributed by atoms with Gasteiger partial charge in [0.05, 0.1) is 30.7 Å². The number of halogens is 1. The summed E-state index contributed by atoms with van der Waals surface area (Å²) in [5, 5.41) is 4.72. The summed E-state index contributed by atoms with van der Waals surface area (Å²) < 4.78 is 25.7. The maximum Gasteiger partial charge on any atom is 0.163 e. The maximum atomic E-state index is 13.3. The van der Waals surface area contributed by atoms with Gasteiger partial charge in [-0.25, -0.2) is 13.9 Å². The SMILES string of the molecule is COCc1nn2c(-c3ccc(F)cc3)ccnc2c1-c1ccc(OC)cc1. The van der Waals surface area contributed by atoms with E-state index in [4.69, 9.17) is 14.6 Å². The first kappa shape index (κ1) is 17.2. The molecule has 5 nitrogen and oxygen atoms in total. The van der Waals surface area contributed by atoms with Gasteiger partial charge in [-0.3, -0.25) is 0 Å². The van der Waals surface area contributed by atoms with E-state index in [1.54, 1.807) is 37.1 Å². The van der Waals surface area contributed by atoms with Crippen molar-refractivity contribution in [2.75, 3.05) is 14.2 Å². The van der Waals surface area contributed by atoms with Crippen LogP contribution in [0.3, 0.4) is 0 Å². The van der Waals surface area contributed by atoms with Crippen LogP contribution >= 0.6 is 0 Å². The molecule has 0 saturated heterocycles. The van der Waals surface area contributed by atoms with Crippen LogP contribution < -0.4 is 4.74 Å². The van der Waals surface area contributed by atoms with Crippen molar-refractivity contribution >= 4 is 5.65 Å². The molecule has 0 N–H and O–H groups in total. The van der Waals surface area contributed by atoms with Crippen LogP contribution in [0.5, 0.6) is 5.75 Å². The molecule has 0 aliphatic rings. The lowest BCUT2D eigenvalue weighted by molar-refractivity contribution is 0.181. The molecule has 0 atom stereocenters. The molecule has 2 aromatic heterocycles. The molecule has 0 spiro atoms. The third kappa shape index (κ3) is 3.15. The first-order valence-corrected chi connectivity index (χ1v) is 8.47. The highest BCUT2D eigenvalue weighted by Crippen LogP contribution is 2.31. The standard InChI is InChI=1S/C21H18FN3O2/c1-26-13-18-20(15-5-9-17(27-2)10-6-15)21-23-12-11-19(25(21)24-18)14-3-7-16(22)8-4-14/h3-12H,13H2,1-2H3. The fraction of sp³-hybridized carbons (Fsp3) is 0.143. The summed E-state index contributed by atoms with van der Waals surface area (Å²) in [5.41, 5.74) is 5.07. The number of aromatic nitrogens is 3. The van der Waals surface area contributed by atoms with Gasteiger partial charge >= 0.3 is 0 Å². The Labute approximate surface area is 156 Å². The van der Waals surface area contributed by atoms with E-state index in [9.17, 15) is 4.39 Å². The van der Waals surface area contributed by atoms with E-state index in [0.29, 0.717) is 12.3 Å². The van der Waals surface area contributed by atoms with Gasteiger partial charge in [0.1, 0.15) is 11.6 Å². The lowest BCUT2D eigenvalue weighted by Crippen LogP contribution is -1.96. The van der Waals surface area contributed by atoms with Crippen molar-refractivity contribution in [3.05, 3.63) is 72.3 Å². The molecule has 4 aromatic rings. The number of fused-ring (bicyclic) bond motifs is 1. The molecule has 6 heteroatoms. The molecule has 0 saturated carbocycles. The molecular formula is C21H18FN3O2. The summed E-state index contributed by atoms with van der Waals surface area (Å²) in [4.78, 5) is 4.55. The highest BCUT2D eigenvalue weighted by atomic mass is 19.1. The Kier molecular flexibility index (Phi) is 4.56. The Balaban J connectivity index is 1.93. The zero-order valence-corrected chi connectivity index (χ0v) is 15.0. The van der Waals surface area contributed by atoms with Crippen LogP contribution in [0.25, 0.3) is 28.0 Å². The molecule has 4 rings (SSSR count). The van der Waals surface area contributed by atoms with Gasteiger partial charge in [0.2, 0.25) is 0 Å². The van der Waals surface area contributed by atoms with E-state index in [2.05, 4.69) is 4.98 Å². The molecule has 2 heterocycles. The second-order valence-corrected chi connectivity index (χ2v) is 6.06. The third-order valence-corrected chi connectivity index (χ3v) is 4.39. The summed E-state index contributed by atoms with van der Waals surface area (Å²) >= 11 is 0. The van der Waals surface area contributed by atoms with Crippen molar-refractivity contribution in [1.82, 2.24) is 14.6 Å². The molecule has 0 radical (unpaired) electrons. The lowest BCUT2D eigenvalue weighted by atomic mass is 10.1. The number of methoxy groups -OCH3 is 2. The average Bonchev–Trinajstić information content (AvgIpc) is 3.07. The Hall–Kier alpha value is -3.25. The van der Waals surface area contributed by atoms with Crippen LogP contribution in [0.1, 0.15) is 5.69 Å². The number of nitrogens with zero attached hydrogens (tertiary/aromatic N) is 3. The third-order valence-electron chi connectivity index (χ3n) is 4.39. The smallest absolute Gasteiger partial charge is 0.163 e. The minimum Gasteiger partial charge on any atom is -0.497 e. The fourth-order valence-electron chi connectivity index (χ4n) is 3.12. The van der Waals surface area contributed by atoms with Crippen LogP contribution in [0, 0.1) is 5.82 Å². The van der Waals surface area contributed by atoms with Gasteiger partial charge in [-0.1, -0.05) is 12.1 Å². The van der Waals surface area contributed by atoms with Gasteiger partial charge in [0.25, 0.3) is 0 Å². The zero-order valence-electron chi connectivity index (χ0n) is 15.0. The van der Waals surface area contributed by atoms with E-state index < -0.39 is 0 Å². The van der Waals surface area contributed by atoms with Gasteiger partial charge in [-0.15, -0.1) is 0 Å². The van der Waals surface area contributed by atoms with E-state index in [0.717, 1.165) is 33.8 Å². The molecule has 0 aliphatic carbocycles. The summed E-state index contributed by atoms with van der Waals surface area (Å²) in [7, 11) is 3.27. The van der Waals surface area contributed by atoms with Crippen molar-refractivity contribution in [3.8, 4) is 28.1 Å². The Morgan fingerprint density at radius 1 is 0.926 bits per heavy atom. The van der Waals surface area contributed by atoms with Crippen LogP contribution in [0.2, 0.25) is 0 Å². The summed E-state index contributed by atoms with van der Waals surface area (Å²) in [6.07, 6.45) is 1.74. The van der Waals surface area contributed by atoms with Crippen LogP contribution in [0.4, 0.5) is 4.39 Å². The monoisotopic (exact) mass is 363 g/mol. The van der Waals surface area contributed by atoms with Crippen LogP contribution in [0.15, 0.2) is 60.8 Å². The van der Waals surface area contributed by atoms with Crippen molar-refractivity contribution in [2.24, 2.45) is 0 Å². The predicted octanol–water partition coefficient (Wildman–Crippen LogP) is 4.36. The minimum absolute atomic E-state index is 0.275. The molecule has 0 amide bonds. The van der Waals surface area contributed by atoms with Gasteiger partial charge < -0.3 is 9.47 Å². The molecular weight excluding hydrogens is 345 g/mol. The van der Waals surface area contributed by atoms with Gasteiger partial charge in [0, 0.05) is 18.9 Å². The number of hydrogen-bond donors (Lipinski definition) is 0. The maximum absolute atomic E-state index is 13.3. The Morgan fingerprint density at radius 2 is 1.63 bits per heavy atom. The first-order chi connectivity index (χ1) is 13.2. The fourth-order valence-corrected chi connectivity index (χ4v) is 3.12. The van der Waals surface area contributed by atoms with Gasteiger partial charge in [-0.05, 0) is 48.0 Å². The number of hydrogen-bond acceptors (Lipinski definition) is 4. The minimum atomic E-state index is -0.275. The van der Waals surface area contributed by atoms with Gasteiger partial charge in [-0.2, -0.15) is 5.10 Å². The first-order valence-electron chi connectivity index (χ1n) is 8.47. The van der Waals surface area contributed by atoms with Crippen LogP contribution in [-0.4, -0.2) is 28.8 Å². The van der Waals surface area contributed by atoms with Gasteiger partial charge in [0.15, 0.2) is 5.65 Å². The molecule has 136 valence electrons. The molecule has 0 unspecified atom stereocenters. The molecule has 0 fully saturated rings. The molecule has 27 heavy (non-hydrogen) atoms. The predicted molar refractivity (Wildman–Crippen MR) is 101 cm³/mol. The van der Waals surface area contributed by atoms with Crippen molar-refractivity contribution in [2.45, 2.75) is 6.61 Å². The average molecular weight is 363 g/mol. The Bertz CT molecular complexity index is 1070. The molecule has 0 aliphatic heterocycles. The highest BCUT2D eigenvalue weighted by molar-refractivity contribution is 5.81.